The zero-order valence-corrected chi connectivity index (χ0v) is 15.0. The molecule has 1 N–H and O–H groups in total. The SMILES string of the molecule is CCn1c(=O)c2ccccc2n(CC(=O)NC(C)c2cnn(C)c2)c1=O. The number of hydrogen-bond acceptors (Lipinski definition) is 4. The minimum Gasteiger partial charge on any atom is -0.348 e. The second-order valence-electron chi connectivity index (χ2n) is 6.17. The normalized spacial score (nSPS) is 12.3. The zero-order valence-electron chi connectivity index (χ0n) is 15.0. The number of fused-ring (bicyclic) bond motifs is 1. The molecule has 0 aliphatic rings. The molecule has 0 fully saturated rings. The zero-order chi connectivity index (χ0) is 18.8. The van der Waals surface area contributed by atoms with Crippen molar-refractivity contribution in [3.8, 4) is 0 Å². The van der Waals surface area contributed by atoms with E-state index in [9.17, 15) is 14.4 Å². The number of nitrogens with one attached hydrogen (secondary N) is 1. The largest absolute Gasteiger partial charge is 0.348 e. The monoisotopic (exact) mass is 355 g/mol. The van der Waals surface area contributed by atoms with Crippen LogP contribution in [0.15, 0.2) is 46.2 Å². The lowest BCUT2D eigenvalue weighted by Crippen LogP contribution is -2.42. The van der Waals surface area contributed by atoms with Gasteiger partial charge in [-0.25, -0.2) is 4.79 Å². The number of carbonyl (C=O) groups excluding carboxylic acids is 1. The van der Waals surface area contributed by atoms with Crippen molar-refractivity contribution in [2.45, 2.75) is 33.0 Å². The lowest BCUT2D eigenvalue weighted by molar-refractivity contribution is -0.122. The first-order valence-electron chi connectivity index (χ1n) is 8.42. The molecular weight excluding hydrogens is 334 g/mol. The molecule has 3 aromatic rings. The van der Waals surface area contributed by atoms with Crippen molar-refractivity contribution in [3.05, 3.63) is 63.1 Å². The topological polar surface area (TPSA) is 90.9 Å². The van der Waals surface area contributed by atoms with Crippen molar-refractivity contribution in [2.24, 2.45) is 7.05 Å². The first kappa shape index (κ1) is 17.7. The number of nitrogens with zero attached hydrogens (tertiary/aromatic N) is 4. The van der Waals surface area contributed by atoms with E-state index in [2.05, 4.69) is 10.4 Å². The fraction of sp³-hybridized carbons (Fsp3) is 0.333. The van der Waals surface area contributed by atoms with Crippen LogP contribution in [0.3, 0.4) is 0 Å². The Morgan fingerprint density at radius 3 is 2.62 bits per heavy atom. The third-order valence-corrected chi connectivity index (χ3v) is 4.35. The van der Waals surface area contributed by atoms with Gasteiger partial charge in [0.15, 0.2) is 0 Å². The summed E-state index contributed by atoms with van der Waals surface area (Å²) >= 11 is 0. The van der Waals surface area contributed by atoms with E-state index in [0.717, 1.165) is 10.1 Å². The molecule has 0 spiro atoms. The molecule has 1 unspecified atom stereocenters. The van der Waals surface area contributed by atoms with Crippen LogP contribution in [0, 0.1) is 0 Å². The summed E-state index contributed by atoms with van der Waals surface area (Å²) in [5.74, 6) is -0.310. The highest BCUT2D eigenvalue weighted by Crippen LogP contribution is 2.11. The number of benzene rings is 1. The smallest absolute Gasteiger partial charge is 0.331 e. The van der Waals surface area contributed by atoms with Gasteiger partial charge in [0.25, 0.3) is 5.56 Å². The van der Waals surface area contributed by atoms with Crippen molar-refractivity contribution in [3.63, 3.8) is 0 Å². The van der Waals surface area contributed by atoms with Crippen molar-refractivity contribution < 1.29 is 4.79 Å². The van der Waals surface area contributed by atoms with Gasteiger partial charge in [0.2, 0.25) is 5.91 Å². The fourth-order valence-electron chi connectivity index (χ4n) is 2.98. The van der Waals surface area contributed by atoms with Gasteiger partial charge in [0.1, 0.15) is 6.54 Å². The molecule has 26 heavy (non-hydrogen) atoms. The van der Waals surface area contributed by atoms with E-state index in [0.29, 0.717) is 10.9 Å². The first-order chi connectivity index (χ1) is 12.4. The van der Waals surface area contributed by atoms with E-state index in [1.54, 1.807) is 49.1 Å². The van der Waals surface area contributed by atoms with Gasteiger partial charge in [-0.15, -0.1) is 0 Å². The van der Waals surface area contributed by atoms with Gasteiger partial charge < -0.3 is 5.32 Å². The Hall–Kier alpha value is -3.16. The van der Waals surface area contributed by atoms with Crippen LogP contribution < -0.4 is 16.6 Å². The minimum atomic E-state index is -0.486. The predicted molar refractivity (Wildman–Crippen MR) is 97.9 cm³/mol. The average molecular weight is 355 g/mol. The van der Waals surface area contributed by atoms with Crippen LogP contribution in [0.2, 0.25) is 0 Å². The van der Waals surface area contributed by atoms with Crippen molar-refractivity contribution in [1.29, 1.82) is 0 Å². The molecule has 0 saturated carbocycles. The Balaban J connectivity index is 1.94. The van der Waals surface area contributed by atoms with Gasteiger partial charge in [0, 0.05) is 25.4 Å². The molecule has 0 aliphatic heterocycles. The van der Waals surface area contributed by atoms with E-state index in [-0.39, 0.29) is 30.6 Å². The summed E-state index contributed by atoms with van der Waals surface area (Å²) in [4.78, 5) is 37.6. The molecule has 1 amide bonds. The third kappa shape index (κ3) is 3.17. The fourth-order valence-corrected chi connectivity index (χ4v) is 2.98. The number of aryl methyl sites for hydroxylation is 1. The number of hydrogen-bond donors (Lipinski definition) is 1. The van der Waals surface area contributed by atoms with Crippen LogP contribution in [0.25, 0.3) is 10.9 Å². The minimum absolute atomic E-state index is 0.162. The molecule has 8 heteroatoms. The summed E-state index contributed by atoms with van der Waals surface area (Å²) in [6.07, 6.45) is 3.51. The summed E-state index contributed by atoms with van der Waals surface area (Å²) in [6.45, 7) is 3.66. The maximum absolute atomic E-state index is 12.7. The van der Waals surface area contributed by atoms with Crippen molar-refractivity contribution in [2.75, 3.05) is 0 Å². The highest BCUT2D eigenvalue weighted by atomic mass is 16.2. The number of amides is 1. The van der Waals surface area contributed by atoms with Crippen molar-refractivity contribution >= 4 is 16.8 Å². The lowest BCUT2D eigenvalue weighted by Gasteiger charge is -2.15. The Morgan fingerprint density at radius 2 is 1.96 bits per heavy atom. The maximum Gasteiger partial charge on any atom is 0.331 e. The molecule has 136 valence electrons. The third-order valence-electron chi connectivity index (χ3n) is 4.35. The number of para-hydroxylation sites is 1. The Morgan fingerprint density at radius 1 is 1.23 bits per heavy atom. The van der Waals surface area contributed by atoms with Crippen LogP contribution >= 0.6 is 0 Å². The highest BCUT2D eigenvalue weighted by Gasteiger charge is 2.16. The van der Waals surface area contributed by atoms with E-state index in [1.165, 1.54) is 4.57 Å². The van der Waals surface area contributed by atoms with Gasteiger partial charge in [0.05, 0.1) is 23.1 Å². The summed E-state index contributed by atoms with van der Waals surface area (Å²) in [5.41, 5.74) is 0.502. The van der Waals surface area contributed by atoms with Gasteiger partial charge in [-0.1, -0.05) is 12.1 Å². The molecule has 8 nitrogen and oxygen atoms in total. The summed E-state index contributed by atoms with van der Waals surface area (Å²) in [5, 5.41) is 7.37. The molecule has 0 radical (unpaired) electrons. The number of aromatic nitrogens is 4. The standard InChI is InChI=1S/C18H21N5O3/c1-4-22-17(25)14-7-5-6-8-15(14)23(18(22)26)11-16(24)20-12(2)13-9-19-21(3)10-13/h5-10,12H,4,11H2,1-3H3,(H,20,24). The molecule has 2 heterocycles. The van der Waals surface area contributed by atoms with Crippen LogP contribution in [0.4, 0.5) is 0 Å². The Labute approximate surface area is 149 Å². The van der Waals surface area contributed by atoms with Crippen molar-refractivity contribution in [1.82, 2.24) is 24.2 Å². The van der Waals surface area contributed by atoms with Crippen LogP contribution in [-0.4, -0.2) is 24.8 Å². The molecule has 0 aliphatic carbocycles. The summed E-state index contributed by atoms with van der Waals surface area (Å²) in [6, 6.07) is 6.58. The molecule has 2 aromatic heterocycles. The first-order valence-corrected chi connectivity index (χ1v) is 8.42. The van der Waals surface area contributed by atoms with Gasteiger partial charge >= 0.3 is 5.69 Å². The second kappa shape index (κ2) is 6.99. The summed E-state index contributed by atoms with van der Waals surface area (Å²) < 4.78 is 4.14. The van der Waals surface area contributed by atoms with Crippen LogP contribution in [0.5, 0.6) is 0 Å². The quantitative estimate of drug-likeness (QED) is 0.733. The lowest BCUT2D eigenvalue weighted by atomic mass is 10.2. The number of carbonyl (C=O) groups is 1. The number of rotatable bonds is 5. The van der Waals surface area contributed by atoms with Crippen LogP contribution in [-0.2, 0) is 24.9 Å². The Kier molecular flexibility index (Phi) is 4.75. The van der Waals surface area contributed by atoms with E-state index >= 15 is 0 Å². The van der Waals surface area contributed by atoms with Gasteiger partial charge in [-0.3, -0.25) is 23.4 Å². The Bertz CT molecular complexity index is 1080. The highest BCUT2D eigenvalue weighted by molar-refractivity contribution is 5.81. The predicted octanol–water partition coefficient (Wildman–Crippen LogP) is 0.794. The molecular formula is C18H21N5O3. The van der Waals surface area contributed by atoms with Gasteiger partial charge in [-0.05, 0) is 26.0 Å². The van der Waals surface area contributed by atoms with Crippen LogP contribution in [0.1, 0.15) is 25.5 Å². The van der Waals surface area contributed by atoms with Gasteiger partial charge in [-0.2, -0.15) is 5.10 Å². The summed E-state index contributed by atoms with van der Waals surface area (Å²) in [7, 11) is 1.80. The molecule has 3 rings (SSSR count). The maximum atomic E-state index is 12.7. The molecule has 0 bridgehead atoms. The molecule has 0 saturated heterocycles. The van der Waals surface area contributed by atoms with E-state index in [4.69, 9.17) is 0 Å². The second-order valence-corrected chi connectivity index (χ2v) is 6.17. The van der Waals surface area contributed by atoms with E-state index in [1.807, 2.05) is 13.1 Å². The molecule has 1 aromatic carbocycles. The average Bonchev–Trinajstić information content (AvgIpc) is 3.06. The molecule has 1 atom stereocenters. The van der Waals surface area contributed by atoms with E-state index < -0.39 is 5.69 Å².